The maximum atomic E-state index is 11.7. The molecule has 2 aromatic rings. The van der Waals surface area contributed by atoms with Crippen molar-refractivity contribution in [2.75, 3.05) is 26.0 Å². The zero-order chi connectivity index (χ0) is 15.2. The number of anilines is 1. The lowest BCUT2D eigenvalue weighted by atomic mass is 10.1. The van der Waals surface area contributed by atoms with Crippen LogP contribution in [0.3, 0.4) is 0 Å². The normalized spacial score (nSPS) is 12.1. The van der Waals surface area contributed by atoms with E-state index >= 15 is 0 Å². The standard InChI is InChI=1S/C16H21N3O2/c1-11(7-13(20)10-17-2)19-15-9-14(21-3)8-12-5-4-6-18-16(12)15/h4-6,8-9,11,17,19H,7,10H2,1-3H3. The van der Waals surface area contributed by atoms with E-state index in [1.165, 1.54) is 0 Å². The van der Waals surface area contributed by atoms with Gasteiger partial charge in [-0.15, -0.1) is 0 Å². The highest BCUT2D eigenvalue weighted by atomic mass is 16.5. The first-order valence-electron chi connectivity index (χ1n) is 6.99. The summed E-state index contributed by atoms with van der Waals surface area (Å²) in [5, 5.41) is 7.24. The molecule has 2 N–H and O–H groups in total. The average molecular weight is 287 g/mol. The Morgan fingerprint density at radius 1 is 1.43 bits per heavy atom. The van der Waals surface area contributed by atoms with Gasteiger partial charge in [0.05, 0.1) is 24.9 Å². The highest BCUT2D eigenvalue weighted by Gasteiger charge is 2.11. The predicted molar refractivity (Wildman–Crippen MR) is 84.9 cm³/mol. The van der Waals surface area contributed by atoms with Crippen molar-refractivity contribution in [1.82, 2.24) is 10.3 Å². The van der Waals surface area contributed by atoms with E-state index in [4.69, 9.17) is 4.74 Å². The number of rotatable bonds is 7. The van der Waals surface area contributed by atoms with Gasteiger partial charge in [0.25, 0.3) is 0 Å². The second kappa shape index (κ2) is 7.04. The van der Waals surface area contributed by atoms with Crippen molar-refractivity contribution in [3.8, 4) is 5.75 Å². The SMILES string of the molecule is CNCC(=O)CC(C)Nc1cc(OC)cc2cccnc12. The summed E-state index contributed by atoms with van der Waals surface area (Å²) in [5.41, 5.74) is 1.76. The van der Waals surface area contributed by atoms with E-state index in [0.717, 1.165) is 22.3 Å². The molecule has 0 aliphatic carbocycles. The summed E-state index contributed by atoms with van der Waals surface area (Å²) in [6.45, 7) is 2.38. The van der Waals surface area contributed by atoms with Crippen molar-refractivity contribution < 1.29 is 9.53 Å². The molecule has 0 fully saturated rings. The van der Waals surface area contributed by atoms with Gasteiger partial charge in [0.2, 0.25) is 0 Å². The number of pyridine rings is 1. The van der Waals surface area contributed by atoms with Gasteiger partial charge < -0.3 is 15.4 Å². The van der Waals surface area contributed by atoms with E-state index in [1.54, 1.807) is 20.4 Å². The molecular formula is C16H21N3O2. The van der Waals surface area contributed by atoms with Crippen LogP contribution in [0.15, 0.2) is 30.5 Å². The van der Waals surface area contributed by atoms with Gasteiger partial charge in [-0.3, -0.25) is 9.78 Å². The Labute approximate surface area is 124 Å². The molecule has 1 aromatic heterocycles. The molecule has 2 rings (SSSR count). The number of carbonyl (C=O) groups excluding carboxylic acids is 1. The fraction of sp³-hybridized carbons (Fsp3) is 0.375. The molecule has 5 nitrogen and oxygen atoms in total. The largest absolute Gasteiger partial charge is 0.497 e. The molecule has 0 amide bonds. The number of fused-ring (bicyclic) bond motifs is 1. The summed E-state index contributed by atoms with van der Waals surface area (Å²) < 4.78 is 5.32. The van der Waals surface area contributed by atoms with Crippen LogP contribution in [-0.4, -0.2) is 37.5 Å². The number of ketones is 1. The van der Waals surface area contributed by atoms with Crippen LogP contribution in [0.25, 0.3) is 10.9 Å². The Balaban J connectivity index is 2.22. The quantitative estimate of drug-likeness (QED) is 0.817. The van der Waals surface area contributed by atoms with Crippen molar-refractivity contribution >= 4 is 22.4 Å². The smallest absolute Gasteiger partial charge is 0.148 e. The van der Waals surface area contributed by atoms with E-state index in [-0.39, 0.29) is 11.8 Å². The summed E-state index contributed by atoms with van der Waals surface area (Å²) in [6.07, 6.45) is 2.23. The third-order valence-electron chi connectivity index (χ3n) is 3.22. The van der Waals surface area contributed by atoms with Crippen LogP contribution in [0.4, 0.5) is 5.69 Å². The maximum Gasteiger partial charge on any atom is 0.148 e. The number of methoxy groups -OCH3 is 1. The van der Waals surface area contributed by atoms with Crippen molar-refractivity contribution in [3.05, 3.63) is 30.5 Å². The van der Waals surface area contributed by atoms with E-state index < -0.39 is 0 Å². The van der Waals surface area contributed by atoms with Gasteiger partial charge in [-0.25, -0.2) is 0 Å². The molecule has 5 heteroatoms. The third kappa shape index (κ3) is 3.92. The number of nitrogens with one attached hydrogen (secondary N) is 2. The average Bonchev–Trinajstić information content (AvgIpc) is 2.47. The molecule has 112 valence electrons. The summed E-state index contributed by atoms with van der Waals surface area (Å²) in [6, 6.07) is 7.78. The number of likely N-dealkylation sites (N-methyl/N-ethyl adjacent to an activating group) is 1. The summed E-state index contributed by atoms with van der Waals surface area (Å²) in [7, 11) is 3.41. The minimum absolute atomic E-state index is 0.0307. The Morgan fingerprint density at radius 2 is 2.24 bits per heavy atom. The van der Waals surface area contributed by atoms with Gasteiger partial charge in [0.1, 0.15) is 11.5 Å². The van der Waals surface area contributed by atoms with Crippen molar-refractivity contribution in [2.45, 2.75) is 19.4 Å². The molecule has 21 heavy (non-hydrogen) atoms. The Kier molecular flexibility index (Phi) is 5.11. The van der Waals surface area contributed by atoms with E-state index in [2.05, 4.69) is 15.6 Å². The van der Waals surface area contributed by atoms with Gasteiger partial charge in [0, 0.05) is 30.1 Å². The van der Waals surface area contributed by atoms with Crippen LogP contribution in [0, 0.1) is 0 Å². The fourth-order valence-corrected chi connectivity index (χ4v) is 2.32. The van der Waals surface area contributed by atoms with Crippen LogP contribution < -0.4 is 15.4 Å². The minimum atomic E-state index is 0.0307. The molecule has 1 unspecified atom stereocenters. The topological polar surface area (TPSA) is 63.2 Å². The molecule has 0 saturated carbocycles. The molecule has 0 aliphatic heterocycles. The van der Waals surface area contributed by atoms with Gasteiger partial charge in [0.15, 0.2) is 0 Å². The second-order valence-corrected chi connectivity index (χ2v) is 5.07. The minimum Gasteiger partial charge on any atom is -0.497 e. The summed E-state index contributed by atoms with van der Waals surface area (Å²) in [5.74, 6) is 0.949. The first kappa shape index (κ1) is 15.3. The lowest BCUT2D eigenvalue weighted by Crippen LogP contribution is -2.26. The maximum absolute atomic E-state index is 11.7. The third-order valence-corrected chi connectivity index (χ3v) is 3.22. The van der Waals surface area contributed by atoms with E-state index in [9.17, 15) is 4.79 Å². The number of benzene rings is 1. The van der Waals surface area contributed by atoms with E-state index in [1.807, 2.05) is 31.2 Å². The summed E-state index contributed by atoms with van der Waals surface area (Å²) in [4.78, 5) is 16.1. The number of Topliss-reactive ketones (excluding diaryl/α,β-unsaturated/α-hetero) is 1. The molecule has 1 heterocycles. The van der Waals surface area contributed by atoms with Gasteiger partial charge in [-0.05, 0) is 26.1 Å². The first-order chi connectivity index (χ1) is 10.1. The fourth-order valence-electron chi connectivity index (χ4n) is 2.32. The number of hydrogen-bond acceptors (Lipinski definition) is 5. The lowest BCUT2D eigenvalue weighted by molar-refractivity contribution is -0.118. The zero-order valence-electron chi connectivity index (χ0n) is 12.6. The van der Waals surface area contributed by atoms with E-state index in [0.29, 0.717) is 13.0 Å². The first-order valence-corrected chi connectivity index (χ1v) is 6.99. The van der Waals surface area contributed by atoms with Crippen LogP contribution >= 0.6 is 0 Å². The number of aromatic nitrogens is 1. The second-order valence-electron chi connectivity index (χ2n) is 5.07. The Hall–Kier alpha value is -2.14. The molecule has 1 aromatic carbocycles. The monoisotopic (exact) mass is 287 g/mol. The number of ether oxygens (including phenoxy) is 1. The summed E-state index contributed by atoms with van der Waals surface area (Å²) >= 11 is 0. The van der Waals surface area contributed by atoms with Crippen LogP contribution in [0.1, 0.15) is 13.3 Å². The number of hydrogen-bond donors (Lipinski definition) is 2. The van der Waals surface area contributed by atoms with Crippen molar-refractivity contribution in [2.24, 2.45) is 0 Å². The number of carbonyl (C=O) groups is 1. The highest BCUT2D eigenvalue weighted by molar-refractivity contribution is 5.92. The molecule has 0 bridgehead atoms. The van der Waals surface area contributed by atoms with Crippen molar-refractivity contribution in [1.29, 1.82) is 0 Å². The molecule has 0 spiro atoms. The Morgan fingerprint density at radius 3 is 2.95 bits per heavy atom. The molecular weight excluding hydrogens is 266 g/mol. The predicted octanol–water partition coefficient (Wildman–Crippen LogP) is 2.22. The lowest BCUT2D eigenvalue weighted by Gasteiger charge is -2.17. The molecule has 0 saturated heterocycles. The van der Waals surface area contributed by atoms with Gasteiger partial charge in [-0.1, -0.05) is 6.07 Å². The molecule has 0 radical (unpaired) electrons. The van der Waals surface area contributed by atoms with Crippen LogP contribution in [0.2, 0.25) is 0 Å². The number of nitrogens with zero attached hydrogens (tertiary/aromatic N) is 1. The Bertz CT molecular complexity index is 628. The van der Waals surface area contributed by atoms with Gasteiger partial charge in [-0.2, -0.15) is 0 Å². The molecule has 1 atom stereocenters. The van der Waals surface area contributed by atoms with Crippen LogP contribution in [0.5, 0.6) is 5.75 Å². The zero-order valence-corrected chi connectivity index (χ0v) is 12.6. The van der Waals surface area contributed by atoms with Crippen molar-refractivity contribution in [3.63, 3.8) is 0 Å². The van der Waals surface area contributed by atoms with Crippen LogP contribution in [-0.2, 0) is 4.79 Å². The highest BCUT2D eigenvalue weighted by Crippen LogP contribution is 2.28. The molecule has 0 aliphatic rings. The van der Waals surface area contributed by atoms with Gasteiger partial charge >= 0.3 is 0 Å².